The Labute approximate surface area is 177 Å². The van der Waals surface area contributed by atoms with Gasteiger partial charge in [-0.25, -0.2) is 17.8 Å². The molecule has 8 heteroatoms. The van der Waals surface area contributed by atoms with Gasteiger partial charge in [-0.15, -0.1) is 0 Å². The van der Waals surface area contributed by atoms with Crippen LogP contribution in [0.4, 0.5) is 10.1 Å². The smallest absolute Gasteiger partial charge is 0.178 e. The van der Waals surface area contributed by atoms with E-state index in [0.717, 1.165) is 11.3 Å². The third kappa shape index (κ3) is 5.06. The van der Waals surface area contributed by atoms with Gasteiger partial charge in [-0.3, -0.25) is 0 Å². The van der Waals surface area contributed by atoms with Gasteiger partial charge in [-0.05, 0) is 75.1 Å². The lowest BCUT2D eigenvalue weighted by atomic mass is 10.0. The number of ether oxygens (including phenoxy) is 1. The molecule has 0 bridgehead atoms. The minimum Gasteiger partial charge on any atom is -0.494 e. The van der Waals surface area contributed by atoms with Gasteiger partial charge in [0.1, 0.15) is 0 Å². The molecule has 0 aromatic heterocycles. The number of methoxy groups -OCH3 is 1. The molecule has 1 heterocycles. The Morgan fingerprint density at radius 3 is 2.53 bits per heavy atom. The lowest BCUT2D eigenvalue weighted by molar-refractivity contribution is 0.386. The first-order chi connectivity index (χ1) is 14.3. The Balaban J connectivity index is 1.81. The first kappa shape index (κ1) is 22.0. The number of hydrogen-bond acceptors (Lipinski definition) is 6. The van der Waals surface area contributed by atoms with Crippen LogP contribution >= 0.6 is 0 Å². The Morgan fingerprint density at radius 2 is 1.90 bits per heavy atom. The maximum atomic E-state index is 14.2. The van der Waals surface area contributed by atoms with Crippen LogP contribution in [0.2, 0.25) is 0 Å². The molecule has 0 N–H and O–H groups in total. The van der Waals surface area contributed by atoms with Crippen molar-refractivity contribution in [3.63, 3.8) is 0 Å². The lowest BCUT2D eigenvalue weighted by Gasteiger charge is -2.30. The number of nitrogens with zero attached hydrogens (tertiary/aromatic N) is 3. The van der Waals surface area contributed by atoms with Gasteiger partial charge in [0.25, 0.3) is 0 Å². The topological polar surface area (TPSA) is 62.2 Å². The zero-order valence-electron chi connectivity index (χ0n) is 17.3. The molecular formula is C22H26FN3O3S. The standard InChI is InChI=1S/C22H26FN3O3S/c1-25(2)13-4-14-30(27,28)19-8-6-18(7-9-19)26-16-24-12-11-21(26)17-5-10-22(29-3)20(23)15-17/h5-12,15-16,21H,4,13-14H2,1-3H3. The van der Waals surface area contributed by atoms with Crippen LogP contribution in [0.25, 0.3) is 0 Å². The van der Waals surface area contributed by atoms with Crippen LogP contribution in [0.15, 0.2) is 64.6 Å². The highest BCUT2D eigenvalue weighted by Crippen LogP contribution is 2.32. The molecule has 0 spiro atoms. The summed E-state index contributed by atoms with van der Waals surface area (Å²) in [5.41, 5.74) is 1.49. The molecule has 0 saturated heterocycles. The largest absolute Gasteiger partial charge is 0.494 e. The second-order valence-corrected chi connectivity index (χ2v) is 9.43. The van der Waals surface area contributed by atoms with E-state index >= 15 is 0 Å². The van der Waals surface area contributed by atoms with Crippen LogP contribution in [0.5, 0.6) is 5.75 Å². The highest BCUT2D eigenvalue weighted by molar-refractivity contribution is 7.91. The molecule has 3 rings (SSSR count). The summed E-state index contributed by atoms with van der Waals surface area (Å²) < 4.78 is 44.3. The van der Waals surface area contributed by atoms with Crippen LogP contribution in [0.3, 0.4) is 0 Å². The summed E-state index contributed by atoms with van der Waals surface area (Å²) in [6, 6.07) is 11.3. The molecule has 2 aromatic carbocycles. The van der Waals surface area contributed by atoms with E-state index in [1.165, 1.54) is 13.2 Å². The fourth-order valence-corrected chi connectivity index (χ4v) is 4.58. The van der Waals surface area contributed by atoms with Gasteiger partial charge in [0.05, 0.1) is 30.1 Å². The van der Waals surface area contributed by atoms with E-state index in [4.69, 9.17) is 4.74 Å². The van der Waals surface area contributed by atoms with Crippen LogP contribution < -0.4 is 9.64 Å². The van der Waals surface area contributed by atoms with Crippen LogP contribution in [0.1, 0.15) is 18.0 Å². The Bertz CT molecular complexity index is 1030. The molecule has 30 heavy (non-hydrogen) atoms. The monoisotopic (exact) mass is 431 g/mol. The number of hydrogen-bond donors (Lipinski definition) is 0. The first-order valence-electron chi connectivity index (χ1n) is 9.61. The number of rotatable bonds is 8. The number of sulfone groups is 1. The van der Waals surface area contributed by atoms with Gasteiger partial charge in [0.15, 0.2) is 21.4 Å². The third-order valence-electron chi connectivity index (χ3n) is 4.87. The molecule has 1 atom stereocenters. The van der Waals surface area contributed by atoms with Gasteiger partial charge < -0.3 is 14.5 Å². The summed E-state index contributed by atoms with van der Waals surface area (Å²) in [7, 11) is 1.92. The van der Waals surface area contributed by atoms with Crippen molar-refractivity contribution in [2.24, 2.45) is 4.99 Å². The van der Waals surface area contributed by atoms with Crippen molar-refractivity contribution in [3.05, 3.63) is 66.1 Å². The van der Waals surface area contributed by atoms with Crippen molar-refractivity contribution in [1.29, 1.82) is 0 Å². The van der Waals surface area contributed by atoms with Crippen molar-refractivity contribution in [2.45, 2.75) is 17.4 Å². The van der Waals surface area contributed by atoms with Gasteiger partial charge in [0, 0.05) is 11.9 Å². The van der Waals surface area contributed by atoms with Crippen LogP contribution in [-0.2, 0) is 9.84 Å². The summed E-state index contributed by atoms with van der Waals surface area (Å²) in [6.45, 7) is 0.716. The molecule has 1 unspecified atom stereocenters. The fourth-order valence-electron chi connectivity index (χ4n) is 3.29. The number of halogens is 1. The van der Waals surface area contributed by atoms with E-state index in [1.54, 1.807) is 48.9 Å². The molecule has 2 aromatic rings. The van der Waals surface area contributed by atoms with E-state index < -0.39 is 15.7 Å². The Kier molecular flexibility index (Phi) is 6.89. The molecule has 0 aliphatic carbocycles. The predicted molar refractivity (Wildman–Crippen MR) is 117 cm³/mol. The summed E-state index contributed by atoms with van der Waals surface area (Å²) in [5, 5.41) is 0. The Morgan fingerprint density at radius 1 is 1.17 bits per heavy atom. The van der Waals surface area contributed by atoms with Gasteiger partial charge in [-0.2, -0.15) is 0 Å². The minimum absolute atomic E-state index is 0.103. The quantitative estimate of drug-likeness (QED) is 0.638. The second kappa shape index (κ2) is 9.40. The second-order valence-electron chi connectivity index (χ2n) is 7.32. The highest BCUT2D eigenvalue weighted by Gasteiger charge is 2.22. The predicted octanol–water partition coefficient (Wildman–Crippen LogP) is 3.66. The molecule has 1 aliphatic heterocycles. The van der Waals surface area contributed by atoms with Crippen molar-refractivity contribution < 1.29 is 17.5 Å². The summed E-state index contributed by atoms with van der Waals surface area (Å²) in [4.78, 5) is 8.29. The third-order valence-corrected chi connectivity index (χ3v) is 6.69. The van der Waals surface area contributed by atoms with Gasteiger partial charge >= 0.3 is 0 Å². The SMILES string of the molecule is COc1ccc(C2C=CN=CN2c2ccc(S(=O)(=O)CCCN(C)C)cc2)cc1F. The fraction of sp³-hybridized carbons (Fsp3) is 0.318. The number of aliphatic imine (C=N–C) groups is 1. The highest BCUT2D eigenvalue weighted by atomic mass is 32.2. The van der Waals surface area contributed by atoms with Crippen molar-refractivity contribution in [1.82, 2.24) is 4.90 Å². The number of anilines is 1. The minimum atomic E-state index is -3.34. The van der Waals surface area contributed by atoms with E-state index in [9.17, 15) is 12.8 Å². The molecular weight excluding hydrogens is 405 g/mol. The molecule has 160 valence electrons. The lowest BCUT2D eigenvalue weighted by Crippen LogP contribution is -2.27. The maximum Gasteiger partial charge on any atom is 0.178 e. The molecule has 6 nitrogen and oxygen atoms in total. The zero-order valence-corrected chi connectivity index (χ0v) is 18.1. The summed E-state index contributed by atoms with van der Waals surface area (Å²) in [6.07, 6.45) is 5.74. The molecule has 0 fully saturated rings. The van der Waals surface area contributed by atoms with Gasteiger partial charge in [-0.1, -0.05) is 6.07 Å². The van der Waals surface area contributed by atoms with Gasteiger partial charge in [0.2, 0.25) is 0 Å². The summed E-state index contributed by atoms with van der Waals surface area (Å²) in [5.74, 6) is -0.153. The van der Waals surface area contributed by atoms with Crippen molar-refractivity contribution in [2.75, 3.05) is 38.4 Å². The van der Waals surface area contributed by atoms with E-state index in [1.807, 2.05) is 30.0 Å². The van der Waals surface area contributed by atoms with Crippen LogP contribution in [0, 0.1) is 5.82 Å². The molecule has 0 radical (unpaired) electrons. The van der Waals surface area contributed by atoms with Crippen LogP contribution in [-0.4, -0.2) is 53.2 Å². The maximum absolute atomic E-state index is 14.2. The van der Waals surface area contributed by atoms with E-state index in [2.05, 4.69) is 4.99 Å². The van der Waals surface area contributed by atoms with Crippen molar-refractivity contribution in [3.8, 4) is 5.75 Å². The number of benzene rings is 2. The van der Waals surface area contributed by atoms with E-state index in [-0.39, 0.29) is 17.5 Å². The zero-order chi connectivity index (χ0) is 21.7. The molecule has 1 aliphatic rings. The first-order valence-corrected chi connectivity index (χ1v) is 11.3. The molecule has 0 saturated carbocycles. The summed E-state index contributed by atoms with van der Waals surface area (Å²) >= 11 is 0. The van der Waals surface area contributed by atoms with E-state index in [0.29, 0.717) is 17.9 Å². The molecule has 0 amide bonds. The normalized spacial score (nSPS) is 16.3. The van der Waals surface area contributed by atoms with Crippen molar-refractivity contribution >= 4 is 21.9 Å². The Hall–Kier alpha value is -2.71. The average molecular weight is 432 g/mol. The average Bonchev–Trinajstić information content (AvgIpc) is 2.73.